The highest BCUT2D eigenvalue weighted by molar-refractivity contribution is 6.30. The molecule has 0 amide bonds. The van der Waals surface area contributed by atoms with Crippen LogP contribution in [0.1, 0.15) is 11.1 Å². The average molecular weight is 310 g/mol. The Kier molecular flexibility index (Phi) is 5.42. The lowest BCUT2D eigenvalue weighted by Crippen LogP contribution is -2.04. The predicted molar refractivity (Wildman–Crippen MR) is 81.5 cm³/mol. The summed E-state index contributed by atoms with van der Waals surface area (Å²) in [5.41, 5.74) is 7.06. The highest BCUT2D eigenvalue weighted by Crippen LogP contribution is 2.25. The van der Waals surface area contributed by atoms with Crippen LogP contribution in [0.15, 0.2) is 36.4 Å². The summed E-state index contributed by atoms with van der Waals surface area (Å²) in [6, 6.07) is 10.1. The van der Waals surface area contributed by atoms with Gasteiger partial charge in [0.2, 0.25) is 0 Å². The van der Waals surface area contributed by atoms with Crippen molar-refractivity contribution in [2.75, 3.05) is 13.7 Å². The van der Waals surface area contributed by atoms with Crippen LogP contribution in [0.5, 0.6) is 11.5 Å². The van der Waals surface area contributed by atoms with Crippen molar-refractivity contribution in [3.05, 3.63) is 58.4 Å². The van der Waals surface area contributed by atoms with Gasteiger partial charge in [-0.2, -0.15) is 0 Å². The summed E-state index contributed by atoms with van der Waals surface area (Å²) in [5, 5.41) is 0.577. The van der Waals surface area contributed by atoms with Gasteiger partial charge >= 0.3 is 0 Å². The SMILES string of the molecule is COc1ccc(Cl)cc1COc1ccc(CCN)cc1F. The standard InChI is InChI=1S/C16H17ClFNO2/c1-20-15-5-3-13(17)9-12(15)10-21-16-4-2-11(6-7-19)8-14(16)18/h2-5,8-9H,6-7,10,19H2,1H3. The molecule has 5 heteroatoms. The molecule has 112 valence electrons. The highest BCUT2D eigenvalue weighted by Gasteiger charge is 2.08. The molecule has 0 aliphatic rings. The summed E-state index contributed by atoms with van der Waals surface area (Å²) in [7, 11) is 1.56. The number of ether oxygens (including phenoxy) is 2. The molecule has 0 aliphatic heterocycles. The summed E-state index contributed by atoms with van der Waals surface area (Å²) in [6.45, 7) is 0.663. The molecule has 0 bridgehead atoms. The molecule has 0 radical (unpaired) electrons. The summed E-state index contributed by atoms with van der Waals surface area (Å²) in [5.74, 6) is 0.444. The Morgan fingerprint density at radius 1 is 1.14 bits per heavy atom. The summed E-state index contributed by atoms with van der Waals surface area (Å²) in [6.07, 6.45) is 0.638. The lowest BCUT2D eigenvalue weighted by atomic mass is 10.1. The lowest BCUT2D eigenvalue weighted by Gasteiger charge is -2.12. The summed E-state index contributed by atoms with van der Waals surface area (Å²) < 4.78 is 24.6. The molecule has 0 aliphatic carbocycles. The fourth-order valence-electron chi connectivity index (χ4n) is 2.00. The topological polar surface area (TPSA) is 44.5 Å². The fourth-order valence-corrected chi connectivity index (χ4v) is 2.19. The first kappa shape index (κ1) is 15.6. The number of methoxy groups -OCH3 is 1. The van der Waals surface area contributed by atoms with Gasteiger partial charge in [-0.1, -0.05) is 17.7 Å². The van der Waals surface area contributed by atoms with Crippen LogP contribution in [0, 0.1) is 5.82 Å². The average Bonchev–Trinajstić information content (AvgIpc) is 2.47. The van der Waals surface area contributed by atoms with Crippen molar-refractivity contribution in [3.63, 3.8) is 0 Å². The van der Waals surface area contributed by atoms with Crippen molar-refractivity contribution in [1.29, 1.82) is 0 Å². The number of hydrogen-bond acceptors (Lipinski definition) is 3. The quantitative estimate of drug-likeness (QED) is 0.887. The van der Waals surface area contributed by atoms with Gasteiger partial charge in [0, 0.05) is 10.6 Å². The minimum atomic E-state index is -0.401. The van der Waals surface area contributed by atoms with Crippen LogP contribution in [0.4, 0.5) is 4.39 Å². The van der Waals surface area contributed by atoms with Crippen molar-refractivity contribution in [2.45, 2.75) is 13.0 Å². The Bertz CT molecular complexity index is 619. The van der Waals surface area contributed by atoms with E-state index in [4.69, 9.17) is 26.8 Å². The zero-order chi connectivity index (χ0) is 15.2. The maximum Gasteiger partial charge on any atom is 0.165 e. The Morgan fingerprint density at radius 2 is 1.90 bits per heavy atom. The van der Waals surface area contributed by atoms with Gasteiger partial charge in [0.25, 0.3) is 0 Å². The Labute approximate surface area is 128 Å². The largest absolute Gasteiger partial charge is 0.496 e. The Hall–Kier alpha value is -1.78. The van der Waals surface area contributed by atoms with Crippen LogP contribution < -0.4 is 15.2 Å². The Balaban J connectivity index is 2.11. The number of halogens is 2. The van der Waals surface area contributed by atoms with E-state index in [1.165, 1.54) is 6.07 Å². The van der Waals surface area contributed by atoms with Gasteiger partial charge in [0.1, 0.15) is 12.4 Å². The van der Waals surface area contributed by atoms with Gasteiger partial charge in [-0.15, -0.1) is 0 Å². The second-order valence-electron chi connectivity index (χ2n) is 4.55. The van der Waals surface area contributed by atoms with Crippen LogP contribution in [-0.2, 0) is 13.0 Å². The molecule has 0 spiro atoms. The maximum atomic E-state index is 13.9. The minimum Gasteiger partial charge on any atom is -0.496 e. The molecule has 2 aromatic rings. The molecule has 0 fully saturated rings. The number of benzene rings is 2. The van der Waals surface area contributed by atoms with Crippen LogP contribution >= 0.6 is 11.6 Å². The third-order valence-electron chi connectivity index (χ3n) is 3.05. The van der Waals surface area contributed by atoms with Gasteiger partial charge in [-0.3, -0.25) is 0 Å². The highest BCUT2D eigenvalue weighted by atomic mass is 35.5. The first-order valence-electron chi connectivity index (χ1n) is 6.57. The molecule has 2 N–H and O–H groups in total. The molecular formula is C16H17ClFNO2. The molecule has 2 aromatic carbocycles. The zero-order valence-electron chi connectivity index (χ0n) is 11.7. The molecule has 3 nitrogen and oxygen atoms in total. The van der Waals surface area contributed by atoms with Gasteiger partial charge in [-0.25, -0.2) is 4.39 Å². The third kappa shape index (κ3) is 4.09. The van der Waals surface area contributed by atoms with Gasteiger partial charge in [0.05, 0.1) is 7.11 Å². The molecule has 21 heavy (non-hydrogen) atoms. The van der Waals surface area contributed by atoms with E-state index >= 15 is 0 Å². The van der Waals surface area contributed by atoms with Crippen molar-refractivity contribution in [1.82, 2.24) is 0 Å². The molecule has 0 saturated heterocycles. The normalized spacial score (nSPS) is 10.5. The van der Waals surface area contributed by atoms with Gasteiger partial charge < -0.3 is 15.2 Å². The van der Waals surface area contributed by atoms with E-state index in [9.17, 15) is 4.39 Å². The maximum absolute atomic E-state index is 13.9. The van der Waals surface area contributed by atoms with Crippen LogP contribution in [0.25, 0.3) is 0 Å². The van der Waals surface area contributed by atoms with Crippen LogP contribution in [0.3, 0.4) is 0 Å². The molecule has 0 saturated carbocycles. The number of rotatable bonds is 6. The van der Waals surface area contributed by atoms with E-state index in [-0.39, 0.29) is 12.4 Å². The minimum absolute atomic E-state index is 0.177. The lowest BCUT2D eigenvalue weighted by molar-refractivity contribution is 0.282. The fraction of sp³-hybridized carbons (Fsp3) is 0.250. The molecule has 0 aromatic heterocycles. The van der Waals surface area contributed by atoms with E-state index in [0.717, 1.165) is 11.1 Å². The monoisotopic (exact) mass is 309 g/mol. The molecule has 0 unspecified atom stereocenters. The van der Waals surface area contributed by atoms with E-state index in [1.54, 1.807) is 37.4 Å². The second kappa shape index (κ2) is 7.29. The van der Waals surface area contributed by atoms with E-state index < -0.39 is 5.82 Å². The summed E-state index contributed by atoms with van der Waals surface area (Å²) in [4.78, 5) is 0. The van der Waals surface area contributed by atoms with E-state index in [2.05, 4.69) is 0 Å². The van der Waals surface area contributed by atoms with Gasteiger partial charge in [0.15, 0.2) is 11.6 Å². The van der Waals surface area contributed by atoms with Crippen molar-refractivity contribution < 1.29 is 13.9 Å². The zero-order valence-corrected chi connectivity index (χ0v) is 12.5. The van der Waals surface area contributed by atoms with Crippen molar-refractivity contribution in [2.24, 2.45) is 5.73 Å². The smallest absolute Gasteiger partial charge is 0.165 e. The van der Waals surface area contributed by atoms with Crippen molar-refractivity contribution >= 4 is 11.6 Å². The molecule has 0 heterocycles. The number of nitrogens with two attached hydrogens (primary N) is 1. The van der Waals surface area contributed by atoms with E-state index in [0.29, 0.717) is 23.7 Å². The van der Waals surface area contributed by atoms with Crippen LogP contribution in [-0.4, -0.2) is 13.7 Å². The van der Waals surface area contributed by atoms with Crippen LogP contribution in [0.2, 0.25) is 5.02 Å². The molecule has 2 rings (SSSR count). The second-order valence-corrected chi connectivity index (χ2v) is 4.98. The first-order valence-corrected chi connectivity index (χ1v) is 6.95. The third-order valence-corrected chi connectivity index (χ3v) is 3.29. The summed E-state index contributed by atoms with van der Waals surface area (Å²) >= 11 is 5.95. The first-order chi connectivity index (χ1) is 10.1. The van der Waals surface area contributed by atoms with Crippen molar-refractivity contribution in [3.8, 4) is 11.5 Å². The van der Waals surface area contributed by atoms with Gasteiger partial charge in [-0.05, 0) is 48.9 Å². The molecular weight excluding hydrogens is 293 g/mol. The molecule has 0 atom stereocenters. The Morgan fingerprint density at radius 3 is 2.57 bits per heavy atom. The van der Waals surface area contributed by atoms with E-state index in [1.807, 2.05) is 0 Å². The number of hydrogen-bond donors (Lipinski definition) is 1. The predicted octanol–water partition coefficient (Wildman–Crippen LogP) is 3.57.